The number of aromatic nitrogens is 1. The number of amides is 1. The first-order valence-electron chi connectivity index (χ1n) is 7.92. The fourth-order valence-corrected chi connectivity index (χ4v) is 3.66. The maximum atomic E-state index is 12.5. The summed E-state index contributed by atoms with van der Waals surface area (Å²) < 4.78 is 2.79. The number of thiazole rings is 1. The molecular weight excluding hydrogens is 350 g/mol. The molecule has 0 radical (unpaired) electrons. The Kier molecular flexibility index (Phi) is 4.96. The normalized spacial score (nSPS) is 11.5. The number of carbonyl (C=O) groups is 1. The fourth-order valence-electron chi connectivity index (χ4n) is 2.57. The number of rotatable bonds is 4. The van der Waals surface area contributed by atoms with E-state index in [0.717, 1.165) is 16.6 Å². The molecule has 0 aliphatic heterocycles. The summed E-state index contributed by atoms with van der Waals surface area (Å²) in [4.78, 5) is 27.5. The van der Waals surface area contributed by atoms with Gasteiger partial charge in [0, 0.05) is 17.7 Å². The van der Waals surface area contributed by atoms with E-state index in [0.29, 0.717) is 4.80 Å². The minimum atomic E-state index is -0.541. The highest BCUT2D eigenvalue weighted by atomic mass is 32.1. The molecule has 2 aromatic carbocycles. The average molecular weight is 365 g/mol. The lowest BCUT2D eigenvalue weighted by molar-refractivity contribution is -0.384. The van der Waals surface area contributed by atoms with E-state index in [4.69, 9.17) is 6.42 Å². The third-order valence-electron chi connectivity index (χ3n) is 3.91. The summed E-state index contributed by atoms with van der Waals surface area (Å²) in [6.45, 7) is 2.36. The highest BCUT2D eigenvalue weighted by Gasteiger charge is 2.12. The van der Waals surface area contributed by atoms with Gasteiger partial charge in [-0.1, -0.05) is 36.3 Å². The zero-order valence-corrected chi connectivity index (χ0v) is 14.8. The molecule has 3 rings (SSSR count). The molecule has 6 nitrogen and oxygen atoms in total. The zero-order valence-electron chi connectivity index (χ0n) is 14.0. The summed E-state index contributed by atoms with van der Waals surface area (Å²) >= 11 is 1.37. The van der Waals surface area contributed by atoms with Gasteiger partial charge in [0.2, 0.25) is 0 Å². The molecule has 0 aliphatic rings. The number of nitro benzene ring substituents is 1. The molecule has 3 aromatic rings. The van der Waals surface area contributed by atoms with E-state index in [9.17, 15) is 14.9 Å². The molecule has 26 heavy (non-hydrogen) atoms. The zero-order chi connectivity index (χ0) is 18.7. The molecule has 1 heterocycles. The van der Waals surface area contributed by atoms with Gasteiger partial charge in [-0.25, -0.2) is 0 Å². The molecule has 0 atom stereocenters. The first kappa shape index (κ1) is 17.6. The van der Waals surface area contributed by atoms with Gasteiger partial charge >= 0.3 is 0 Å². The summed E-state index contributed by atoms with van der Waals surface area (Å²) in [7, 11) is 0. The van der Waals surface area contributed by atoms with E-state index >= 15 is 0 Å². The van der Waals surface area contributed by atoms with Crippen LogP contribution >= 0.6 is 11.3 Å². The second kappa shape index (κ2) is 7.33. The molecule has 0 saturated carbocycles. The van der Waals surface area contributed by atoms with Crippen LogP contribution < -0.4 is 4.80 Å². The van der Waals surface area contributed by atoms with Gasteiger partial charge in [0.25, 0.3) is 11.6 Å². The van der Waals surface area contributed by atoms with Crippen LogP contribution in [0, 0.1) is 22.5 Å². The minimum absolute atomic E-state index is 0.147. The summed E-state index contributed by atoms with van der Waals surface area (Å²) in [6, 6.07) is 11.6. The van der Waals surface area contributed by atoms with Crippen LogP contribution in [0.1, 0.15) is 22.8 Å². The Morgan fingerprint density at radius 3 is 2.85 bits per heavy atom. The van der Waals surface area contributed by atoms with Crippen LogP contribution in [0.2, 0.25) is 0 Å². The van der Waals surface area contributed by atoms with Crippen LogP contribution in [0.4, 0.5) is 5.69 Å². The average Bonchev–Trinajstić information content (AvgIpc) is 2.98. The Morgan fingerprint density at radius 1 is 1.35 bits per heavy atom. The highest BCUT2D eigenvalue weighted by Crippen LogP contribution is 2.20. The van der Waals surface area contributed by atoms with E-state index in [-0.39, 0.29) is 17.8 Å². The summed E-state index contributed by atoms with van der Waals surface area (Å²) in [6.07, 6.45) is 6.37. The van der Waals surface area contributed by atoms with E-state index in [1.807, 2.05) is 12.1 Å². The number of nitrogens with zero attached hydrogens (tertiary/aromatic N) is 3. The number of nitro groups is 1. The van der Waals surface area contributed by atoms with Crippen LogP contribution in [0.5, 0.6) is 0 Å². The van der Waals surface area contributed by atoms with Crippen molar-refractivity contribution in [3.8, 4) is 12.3 Å². The quantitative estimate of drug-likeness (QED) is 0.403. The van der Waals surface area contributed by atoms with Gasteiger partial charge in [0.05, 0.1) is 21.7 Å². The van der Waals surface area contributed by atoms with Crippen molar-refractivity contribution in [2.75, 3.05) is 0 Å². The number of carbonyl (C=O) groups excluding carboxylic acids is 1. The largest absolute Gasteiger partial charge is 0.305 e. The van der Waals surface area contributed by atoms with Gasteiger partial charge in [-0.15, -0.1) is 6.42 Å². The lowest BCUT2D eigenvalue weighted by Gasteiger charge is -2.01. The van der Waals surface area contributed by atoms with Gasteiger partial charge in [0.15, 0.2) is 4.80 Å². The maximum Gasteiger partial charge on any atom is 0.279 e. The third kappa shape index (κ3) is 3.41. The standard InChI is InChI=1S/C19H15N3O3S/c1-3-10-21-16-9-8-13(4-2)11-17(16)26-19(21)20-18(23)14-6-5-7-15(12-14)22(24)25/h1,5-9,11-12H,4,10H2,2H3. The topological polar surface area (TPSA) is 77.5 Å². The number of hydrogen-bond acceptors (Lipinski definition) is 4. The maximum absolute atomic E-state index is 12.5. The van der Waals surface area contributed by atoms with Gasteiger partial charge in [-0.2, -0.15) is 4.99 Å². The first-order chi connectivity index (χ1) is 12.5. The molecule has 130 valence electrons. The van der Waals surface area contributed by atoms with Crippen molar-refractivity contribution >= 4 is 33.1 Å². The molecule has 0 spiro atoms. The molecule has 0 saturated heterocycles. The van der Waals surface area contributed by atoms with Crippen molar-refractivity contribution in [1.82, 2.24) is 4.57 Å². The number of aryl methyl sites for hydroxylation is 1. The lowest BCUT2D eigenvalue weighted by atomic mass is 10.2. The number of non-ortho nitro benzene ring substituents is 1. The van der Waals surface area contributed by atoms with E-state index in [1.54, 1.807) is 4.57 Å². The molecule has 1 aromatic heterocycles. The van der Waals surface area contributed by atoms with Crippen LogP contribution in [0.3, 0.4) is 0 Å². The minimum Gasteiger partial charge on any atom is -0.305 e. The first-order valence-corrected chi connectivity index (χ1v) is 8.74. The molecule has 0 aliphatic carbocycles. The molecule has 0 bridgehead atoms. The van der Waals surface area contributed by atoms with Crippen molar-refractivity contribution in [1.29, 1.82) is 0 Å². The Balaban J connectivity index is 2.12. The number of hydrogen-bond donors (Lipinski definition) is 0. The van der Waals surface area contributed by atoms with Crippen molar-refractivity contribution in [3.05, 3.63) is 68.5 Å². The predicted molar refractivity (Wildman–Crippen MR) is 101 cm³/mol. The van der Waals surface area contributed by atoms with Gasteiger partial charge in [-0.05, 0) is 30.2 Å². The van der Waals surface area contributed by atoms with Crippen molar-refractivity contribution < 1.29 is 9.72 Å². The Morgan fingerprint density at radius 2 is 2.15 bits per heavy atom. The van der Waals surface area contributed by atoms with Gasteiger partial charge in [0.1, 0.15) is 0 Å². The van der Waals surface area contributed by atoms with Crippen LogP contribution in [0.25, 0.3) is 10.2 Å². The van der Waals surface area contributed by atoms with Crippen LogP contribution in [-0.2, 0) is 13.0 Å². The third-order valence-corrected chi connectivity index (χ3v) is 4.95. The molecule has 0 unspecified atom stereocenters. The Labute approximate surface area is 153 Å². The molecule has 1 amide bonds. The predicted octanol–water partition coefficient (Wildman–Crippen LogP) is 3.55. The van der Waals surface area contributed by atoms with Crippen molar-refractivity contribution in [2.24, 2.45) is 4.99 Å². The Hall–Kier alpha value is -3.24. The van der Waals surface area contributed by atoms with Crippen LogP contribution in [-0.4, -0.2) is 15.4 Å². The summed E-state index contributed by atoms with van der Waals surface area (Å²) in [5.74, 6) is 2.04. The van der Waals surface area contributed by atoms with Crippen molar-refractivity contribution in [3.63, 3.8) is 0 Å². The number of terminal acetylenes is 1. The molecular formula is C19H15N3O3S. The molecule has 0 fully saturated rings. The molecule has 7 heteroatoms. The Bertz CT molecular complexity index is 1120. The monoisotopic (exact) mass is 365 g/mol. The fraction of sp³-hybridized carbons (Fsp3) is 0.158. The number of benzene rings is 2. The smallest absolute Gasteiger partial charge is 0.279 e. The second-order valence-corrected chi connectivity index (χ2v) is 6.56. The highest BCUT2D eigenvalue weighted by molar-refractivity contribution is 7.16. The summed E-state index contributed by atoms with van der Waals surface area (Å²) in [5, 5.41) is 10.9. The second-order valence-electron chi connectivity index (χ2n) is 5.55. The van der Waals surface area contributed by atoms with E-state index < -0.39 is 10.8 Å². The van der Waals surface area contributed by atoms with E-state index in [2.05, 4.69) is 23.9 Å². The van der Waals surface area contributed by atoms with Crippen molar-refractivity contribution in [2.45, 2.75) is 19.9 Å². The SMILES string of the molecule is C#CCn1c(=NC(=O)c2cccc([N+](=O)[O-])c2)sc2cc(CC)ccc21. The van der Waals surface area contributed by atoms with E-state index in [1.165, 1.54) is 41.2 Å². The van der Waals surface area contributed by atoms with Crippen LogP contribution in [0.15, 0.2) is 47.5 Å². The van der Waals surface area contributed by atoms with Gasteiger partial charge < -0.3 is 4.57 Å². The number of fused-ring (bicyclic) bond motifs is 1. The summed E-state index contributed by atoms with van der Waals surface area (Å²) in [5.41, 5.74) is 2.11. The lowest BCUT2D eigenvalue weighted by Crippen LogP contribution is -2.16. The molecule has 0 N–H and O–H groups in total. The van der Waals surface area contributed by atoms with Gasteiger partial charge in [-0.3, -0.25) is 14.9 Å².